The van der Waals surface area contributed by atoms with Crippen molar-refractivity contribution < 1.29 is 9.13 Å². The molecule has 1 aromatic heterocycles. The minimum atomic E-state index is -0.220. The van der Waals surface area contributed by atoms with E-state index in [0.29, 0.717) is 12.5 Å². The molecule has 0 fully saturated rings. The van der Waals surface area contributed by atoms with Crippen LogP contribution in [0.2, 0.25) is 0 Å². The Balaban J connectivity index is 1.33. The molecule has 3 N–H and O–H groups in total. The van der Waals surface area contributed by atoms with Crippen LogP contribution in [0.4, 0.5) is 22.0 Å². The van der Waals surface area contributed by atoms with Crippen LogP contribution in [-0.2, 0) is 13.0 Å². The van der Waals surface area contributed by atoms with Crippen LogP contribution in [0, 0.1) is 5.82 Å². The Kier molecular flexibility index (Phi) is 5.30. The first-order chi connectivity index (χ1) is 15.2. The number of hydrazine groups is 1. The third-order valence-electron chi connectivity index (χ3n) is 5.77. The fraction of sp³-hybridized carbons (Fsp3) is 0.304. The van der Waals surface area contributed by atoms with Crippen LogP contribution in [0.3, 0.4) is 0 Å². The van der Waals surface area contributed by atoms with Crippen LogP contribution in [0.15, 0.2) is 48.5 Å². The van der Waals surface area contributed by atoms with E-state index in [1.165, 1.54) is 17.7 Å². The monoisotopic (exact) mass is 420 g/mol. The highest BCUT2D eigenvalue weighted by Gasteiger charge is 2.34. The van der Waals surface area contributed by atoms with Crippen LogP contribution < -0.4 is 25.8 Å². The van der Waals surface area contributed by atoms with Crippen molar-refractivity contribution in [1.29, 1.82) is 0 Å². The summed E-state index contributed by atoms with van der Waals surface area (Å²) in [5, 5.41) is 3.32. The number of hydrogen-bond acceptors (Lipinski definition) is 7. The summed E-state index contributed by atoms with van der Waals surface area (Å²) >= 11 is 0. The van der Waals surface area contributed by atoms with Crippen molar-refractivity contribution in [2.45, 2.75) is 25.4 Å². The van der Waals surface area contributed by atoms with E-state index in [0.717, 1.165) is 54.4 Å². The summed E-state index contributed by atoms with van der Waals surface area (Å²) in [6.07, 6.45) is 1.75. The van der Waals surface area contributed by atoms with Gasteiger partial charge in [-0.1, -0.05) is 24.3 Å². The highest BCUT2D eigenvalue weighted by atomic mass is 19.1. The van der Waals surface area contributed by atoms with Gasteiger partial charge < -0.3 is 20.4 Å². The molecule has 0 saturated heterocycles. The molecule has 31 heavy (non-hydrogen) atoms. The SMILES string of the molecule is COc1ccc(CN2CCC3NNc4nc(NCCc5ccc(F)cc5)nc2c43)cc1. The van der Waals surface area contributed by atoms with E-state index in [-0.39, 0.29) is 11.9 Å². The molecule has 3 aromatic rings. The zero-order valence-corrected chi connectivity index (χ0v) is 17.4. The second-order valence-corrected chi connectivity index (χ2v) is 7.82. The molecule has 0 saturated carbocycles. The lowest BCUT2D eigenvalue weighted by atomic mass is 10.0. The lowest BCUT2D eigenvalue weighted by molar-refractivity contribution is 0.414. The van der Waals surface area contributed by atoms with E-state index in [1.807, 2.05) is 12.1 Å². The summed E-state index contributed by atoms with van der Waals surface area (Å²) in [5.41, 5.74) is 9.93. The molecular weight excluding hydrogens is 395 g/mol. The molecule has 2 aromatic carbocycles. The van der Waals surface area contributed by atoms with Gasteiger partial charge in [0.05, 0.1) is 18.7 Å². The summed E-state index contributed by atoms with van der Waals surface area (Å²) in [4.78, 5) is 11.8. The molecule has 7 nitrogen and oxygen atoms in total. The molecule has 160 valence electrons. The molecule has 1 unspecified atom stereocenters. The van der Waals surface area contributed by atoms with E-state index < -0.39 is 0 Å². The van der Waals surface area contributed by atoms with Gasteiger partial charge in [-0.25, -0.2) is 9.82 Å². The molecule has 1 atom stereocenters. The summed E-state index contributed by atoms with van der Waals surface area (Å²) in [6.45, 7) is 2.35. The Labute approximate surface area is 180 Å². The molecule has 5 rings (SSSR count). The Morgan fingerprint density at radius 3 is 2.65 bits per heavy atom. The van der Waals surface area contributed by atoms with Gasteiger partial charge in [0.15, 0.2) is 5.82 Å². The van der Waals surface area contributed by atoms with Gasteiger partial charge in [0, 0.05) is 19.6 Å². The maximum Gasteiger partial charge on any atom is 0.226 e. The molecular formula is C23H25FN6O. The number of nitrogens with zero attached hydrogens (tertiary/aromatic N) is 3. The average Bonchev–Trinajstić information content (AvgIpc) is 3.21. The van der Waals surface area contributed by atoms with Crippen LogP contribution in [0.5, 0.6) is 5.75 Å². The fourth-order valence-electron chi connectivity index (χ4n) is 4.10. The van der Waals surface area contributed by atoms with Crippen molar-refractivity contribution in [2.75, 3.05) is 35.8 Å². The van der Waals surface area contributed by atoms with Crippen molar-refractivity contribution in [2.24, 2.45) is 0 Å². The largest absolute Gasteiger partial charge is 0.497 e. The number of aromatic nitrogens is 2. The number of benzene rings is 2. The smallest absolute Gasteiger partial charge is 0.226 e. The maximum atomic E-state index is 13.1. The number of nitrogens with one attached hydrogen (secondary N) is 3. The van der Waals surface area contributed by atoms with Crippen LogP contribution in [-0.4, -0.2) is 30.2 Å². The van der Waals surface area contributed by atoms with Crippen LogP contribution >= 0.6 is 0 Å². The molecule has 0 aliphatic carbocycles. The summed E-state index contributed by atoms with van der Waals surface area (Å²) in [5.74, 6) is 3.01. The fourth-order valence-corrected chi connectivity index (χ4v) is 4.10. The van der Waals surface area contributed by atoms with Gasteiger partial charge in [-0.3, -0.25) is 0 Å². The van der Waals surface area contributed by atoms with Gasteiger partial charge in [0.1, 0.15) is 17.4 Å². The molecule has 3 heterocycles. The third kappa shape index (κ3) is 4.11. The van der Waals surface area contributed by atoms with E-state index in [2.05, 4.69) is 38.2 Å². The first-order valence-corrected chi connectivity index (χ1v) is 10.5. The topological polar surface area (TPSA) is 74.3 Å². The predicted molar refractivity (Wildman–Crippen MR) is 119 cm³/mol. The summed E-state index contributed by atoms with van der Waals surface area (Å²) in [6, 6.07) is 14.9. The number of ether oxygens (including phenoxy) is 1. The van der Waals surface area contributed by atoms with E-state index in [4.69, 9.17) is 9.72 Å². The minimum absolute atomic E-state index is 0.220. The molecule has 2 aliphatic rings. The highest BCUT2D eigenvalue weighted by molar-refractivity contribution is 5.67. The van der Waals surface area contributed by atoms with Crippen molar-refractivity contribution in [3.8, 4) is 5.75 Å². The zero-order valence-electron chi connectivity index (χ0n) is 17.4. The normalized spacial score (nSPS) is 16.6. The van der Waals surface area contributed by atoms with Gasteiger partial charge in [-0.05, 0) is 48.2 Å². The number of anilines is 3. The number of halogens is 1. The Morgan fingerprint density at radius 2 is 1.87 bits per heavy atom. The lowest BCUT2D eigenvalue weighted by Gasteiger charge is -2.32. The van der Waals surface area contributed by atoms with Gasteiger partial charge in [-0.2, -0.15) is 9.97 Å². The Hall–Kier alpha value is -3.39. The van der Waals surface area contributed by atoms with E-state index in [1.54, 1.807) is 19.2 Å². The van der Waals surface area contributed by atoms with Gasteiger partial charge >= 0.3 is 0 Å². The lowest BCUT2D eigenvalue weighted by Crippen LogP contribution is -2.34. The van der Waals surface area contributed by atoms with Crippen molar-refractivity contribution in [3.63, 3.8) is 0 Å². The number of methoxy groups -OCH3 is 1. The zero-order chi connectivity index (χ0) is 21.2. The summed E-state index contributed by atoms with van der Waals surface area (Å²) < 4.78 is 18.4. The highest BCUT2D eigenvalue weighted by Crippen LogP contribution is 2.41. The Bertz CT molecular complexity index is 1060. The average molecular weight is 420 g/mol. The quantitative estimate of drug-likeness (QED) is 0.539. The van der Waals surface area contributed by atoms with Crippen LogP contribution in [0.1, 0.15) is 29.2 Å². The minimum Gasteiger partial charge on any atom is -0.497 e. The molecule has 0 amide bonds. The number of rotatable bonds is 7. The second-order valence-electron chi connectivity index (χ2n) is 7.82. The van der Waals surface area contributed by atoms with Gasteiger partial charge in [0.2, 0.25) is 5.95 Å². The molecule has 0 radical (unpaired) electrons. The third-order valence-corrected chi connectivity index (χ3v) is 5.77. The van der Waals surface area contributed by atoms with E-state index in [9.17, 15) is 4.39 Å². The van der Waals surface area contributed by atoms with E-state index >= 15 is 0 Å². The van der Waals surface area contributed by atoms with Crippen molar-refractivity contribution in [3.05, 3.63) is 71.0 Å². The molecule has 2 aliphatic heterocycles. The van der Waals surface area contributed by atoms with Gasteiger partial charge in [0.25, 0.3) is 0 Å². The maximum absolute atomic E-state index is 13.1. The second kappa shape index (κ2) is 8.39. The van der Waals surface area contributed by atoms with Crippen molar-refractivity contribution in [1.82, 2.24) is 15.4 Å². The summed E-state index contributed by atoms with van der Waals surface area (Å²) in [7, 11) is 1.68. The standard InChI is InChI=1S/C23H25FN6O/c1-31-18-8-4-16(5-9-18)14-30-13-11-19-20-21(29-28-19)26-23(27-22(20)30)25-12-10-15-2-6-17(24)7-3-15/h2-9,19,28H,10-14H2,1H3,(H2,25,26,27,29). The molecule has 0 bridgehead atoms. The number of hydrogen-bond donors (Lipinski definition) is 3. The Morgan fingerprint density at radius 1 is 1.10 bits per heavy atom. The van der Waals surface area contributed by atoms with Gasteiger partial charge in [-0.15, -0.1) is 0 Å². The van der Waals surface area contributed by atoms with Crippen molar-refractivity contribution >= 4 is 17.6 Å². The molecule has 8 heteroatoms. The van der Waals surface area contributed by atoms with Crippen LogP contribution in [0.25, 0.3) is 0 Å². The molecule has 0 spiro atoms. The first kappa shape index (κ1) is 19.6. The predicted octanol–water partition coefficient (Wildman–Crippen LogP) is 3.66. The first-order valence-electron chi connectivity index (χ1n) is 10.5.